The Hall–Kier alpha value is -2.90. The number of carbonyl (C=O) groups is 2. The zero-order valence-corrected chi connectivity index (χ0v) is 14.9. The Morgan fingerprint density at radius 2 is 1.77 bits per heavy atom. The van der Waals surface area contributed by atoms with Gasteiger partial charge in [0, 0.05) is 16.8 Å². The van der Waals surface area contributed by atoms with Crippen LogP contribution >= 0.6 is 22.9 Å². The molecule has 0 atom stereocenters. The van der Waals surface area contributed by atoms with Crippen LogP contribution in [0.25, 0.3) is 0 Å². The highest BCUT2D eigenvalue weighted by atomic mass is 35.5. The van der Waals surface area contributed by atoms with E-state index in [1.54, 1.807) is 24.4 Å². The molecule has 0 radical (unpaired) electrons. The molecular weight excluding hydrogens is 374 g/mol. The number of hydrogen-bond acceptors (Lipinski definition) is 6. The molecule has 1 aliphatic heterocycles. The van der Waals surface area contributed by atoms with Crippen LogP contribution in [0.4, 0.5) is 5.69 Å². The summed E-state index contributed by atoms with van der Waals surface area (Å²) < 4.78 is 6.29. The second kappa shape index (κ2) is 6.78. The molecule has 1 aliphatic rings. The van der Waals surface area contributed by atoms with Crippen LogP contribution in [0.15, 0.2) is 48.7 Å². The molecule has 2 amide bonds. The van der Waals surface area contributed by atoms with Crippen LogP contribution in [-0.4, -0.2) is 16.8 Å². The molecular formula is C18H12ClN3O3S. The number of halogens is 1. The second-order valence-electron chi connectivity index (χ2n) is 5.55. The van der Waals surface area contributed by atoms with Crippen molar-refractivity contribution in [3.05, 3.63) is 69.1 Å². The zero-order chi connectivity index (χ0) is 18.1. The van der Waals surface area contributed by atoms with E-state index in [1.165, 1.54) is 11.3 Å². The third-order valence-corrected chi connectivity index (χ3v) is 4.90. The highest BCUT2D eigenvalue weighted by molar-refractivity contribution is 7.15. The summed E-state index contributed by atoms with van der Waals surface area (Å²) in [5.74, 6) is 0.335. The van der Waals surface area contributed by atoms with Crippen molar-refractivity contribution in [3.63, 3.8) is 0 Å². The molecule has 0 saturated carbocycles. The Bertz CT molecular complexity index is 1000. The summed E-state index contributed by atoms with van der Waals surface area (Å²) in [5, 5.41) is 5.53. The molecule has 26 heavy (non-hydrogen) atoms. The van der Waals surface area contributed by atoms with Crippen molar-refractivity contribution >= 4 is 40.4 Å². The van der Waals surface area contributed by atoms with E-state index in [-0.39, 0.29) is 5.91 Å². The Morgan fingerprint density at radius 1 is 1.04 bits per heavy atom. The number of hydrogen-bond donors (Lipinski definition) is 2. The van der Waals surface area contributed by atoms with E-state index in [1.807, 2.05) is 24.3 Å². The number of carbonyl (C=O) groups excluding carboxylic acids is 2. The fraction of sp³-hybridized carbons (Fsp3) is 0.0556. The molecule has 1 aromatic heterocycles. The minimum absolute atomic E-state index is 0.328. The standard InChI is InChI=1S/C18H12ClN3O3S/c19-18-21-9-13(26-18)8-20-10-1-3-11(4-2-10)25-12-5-6-14-15(7-12)17(24)22-16(14)23/h1-7,9,20H,8H2,(H,22,23,24). The van der Waals surface area contributed by atoms with Crippen molar-refractivity contribution < 1.29 is 14.3 Å². The normalized spacial score (nSPS) is 12.7. The fourth-order valence-electron chi connectivity index (χ4n) is 2.54. The molecule has 8 heteroatoms. The van der Waals surface area contributed by atoms with Gasteiger partial charge in [0.15, 0.2) is 4.47 Å². The number of rotatable bonds is 5. The predicted octanol–water partition coefficient (Wildman–Crippen LogP) is 4.08. The molecule has 2 aromatic carbocycles. The summed E-state index contributed by atoms with van der Waals surface area (Å²) in [6.07, 6.45) is 1.74. The van der Waals surface area contributed by atoms with Gasteiger partial charge < -0.3 is 10.1 Å². The highest BCUT2D eigenvalue weighted by Gasteiger charge is 2.26. The Balaban J connectivity index is 1.42. The van der Waals surface area contributed by atoms with Crippen LogP contribution in [0.2, 0.25) is 4.47 Å². The number of imide groups is 1. The average Bonchev–Trinajstić information content (AvgIpc) is 3.17. The molecule has 4 rings (SSSR count). The maximum absolute atomic E-state index is 11.7. The van der Waals surface area contributed by atoms with Gasteiger partial charge in [-0.3, -0.25) is 14.9 Å². The first kappa shape index (κ1) is 16.6. The summed E-state index contributed by atoms with van der Waals surface area (Å²) >= 11 is 7.24. The zero-order valence-electron chi connectivity index (χ0n) is 13.3. The third kappa shape index (κ3) is 3.40. The van der Waals surface area contributed by atoms with Crippen molar-refractivity contribution in [1.29, 1.82) is 0 Å². The van der Waals surface area contributed by atoms with Gasteiger partial charge in [-0.05, 0) is 42.5 Å². The van der Waals surface area contributed by atoms with Crippen molar-refractivity contribution in [1.82, 2.24) is 10.3 Å². The van der Waals surface area contributed by atoms with Crippen LogP contribution in [-0.2, 0) is 6.54 Å². The van der Waals surface area contributed by atoms with Crippen LogP contribution in [0.1, 0.15) is 25.6 Å². The molecule has 0 bridgehead atoms. The van der Waals surface area contributed by atoms with Crippen molar-refractivity contribution in [2.45, 2.75) is 6.54 Å². The van der Waals surface area contributed by atoms with Crippen LogP contribution in [0.3, 0.4) is 0 Å². The molecule has 6 nitrogen and oxygen atoms in total. The minimum Gasteiger partial charge on any atom is -0.457 e. The SMILES string of the molecule is O=C1NC(=O)c2cc(Oc3ccc(NCc4cnc(Cl)s4)cc3)ccc21. The number of nitrogens with one attached hydrogen (secondary N) is 2. The van der Waals surface area contributed by atoms with Gasteiger partial charge in [0.1, 0.15) is 11.5 Å². The van der Waals surface area contributed by atoms with E-state index < -0.39 is 5.91 Å². The van der Waals surface area contributed by atoms with Gasteiger partial charge in [0.2, 0.25) is 0 Å². The van der Waals surface area contributed by atoms with Crippen LogP contribution < -0.4 is 15.4 Å². The fourth-order valence-corrected chi connectivity index (χ4v) is 3.46. The van der Waals surface area contributed by atoms with Crippen molar-refractivity contribution in [2.75, 3.05) is 5.32 Å². The molecule has 3 aromatic rings. The quantitative estimate of drug-likeness (QED) is 0.647. The minimum atomic E-state index is -0.404. The molecule has 130 valence electrons. The molecule has 0 aliphatic carbocycles. The molecule has 0 unspecified atom stereocenters. The summed E-state index contributed by atoms with van der Waals surface area (Å²) in [6.45, 7) is 0.637. The lowest BCUT2D eigenvalue weighted by Crippen LogP contribution is -2.19. The van der Waals surface area contributed by atoms with Gasteiger partial charge in [-0.15, -0.1) is 11.3 Å². The van der Waals surface area contributed by atoms with E-state index in [9.17, 15) is 9.59 Å². The number of benzene rings is 2. The van der Waals surface area contributed by atoms with E-state index in [2.05, 4.69) is 15.6 Å². The third-order valence-electron chi connectivity index (χ3n) is 3.79. The van der Waals surface area contributed by atoms with Gasteiger partial charge in [-0.1, -0.05) is 11.6 Å². The van der Waals surface area contributed by atoms with E-state index >= 15 is 0 Å². The molecule has 2 N–H and O–H groups in total. The number of aromatic nitrogens is 1. The van der Waals surface area contributed by atoms with Crippen LogP contribution in [0, 0.1) is 0 Å². The summed E-state index contributed by atoms with van der Waals surface area (Å²) in [4.78, 5) is 28.3. The number of fused-ring (bicyclic) bond motifs is 1. The van der Waals surface area contributed by atoms with Crippen LogP contribution in [0.5, 0.6) is 11.5 Å². The van der Waals surface area contributed by atoms with Gasteiger partial charge in [-0.2, -0.15) is 0 Å². The van der Waals surface area contributed by atoms with Gasteiger partial charge in [0.05, 0.1) is 17.7 Å². The number of amides is 2. The van der Waals surface area contributed by atoms with Crippen molar-refractivity contribution in [3.8, 4) is 11.5 Å². The van der Waals surface area contributed by atoms with E-state index in [0.717, 1.165) is 10.6 Å². The topological polar surface area (TPSA) is 80.3 Å². The van der Waals surface area contributed by atoms with Gasteiger partial charge in [0.25, 0.3) is 11.8 Å². The largest absolute Gasteiger partial charge is 0.457 e. The maximum Gasteiger partial charge on any atom is 0.259 e. The Kier molecular flexibility index (Phi) is 4.32. The Labute approximate surface area is 157 Å². The monoisotopic (exact) mass is 385 g/mol. The average molecular weight is 386 g/mol. The first-order chi connectivity index (χ1) is 12.6. The first-order valence-corrected chi connectivity index (χ1v) is 8.90. The highest BCUT2D eigenvalue weighted by Crippen LogP contribution is 2.27. The molecule has 2 heterocycles. The lowest BCUT2D eigenvalue weighted by molar-refractivity contribution is 0.0879. The van der Waals surface area contributed by atoms with Crippen molar-refractivity contribution in [2.24, 2.45) is 0 Å². The number of thiazole rings is 1. The number of nitrogens with zero attached hydrogens (tertiary/aromatic N) is 1. The summed E-state index contributed by atoms with van der Waals surface area (Å²) in [6, 6.07) is 12.2. The predicted molar refractivity (Wildman–Crippen MR) is 99.2 cm³/mol. The van der Waals surface area contributed by atoms with E-state index in [4.69, 9.17) is 16.3 Å². The summed E-state index contributed by atoms with van der Waals surface area (Å²) in [5.41, 5.74) is 1.62. The lowest BCUT2D eigenvalue weighted by atomic mass is 10.1. The smallest absolute Gasteiger partial charge is 0.259 e. The summed E-state index contributed by atoms with van der Waals surface area (Å²) in [7, 11) is 0. The van der Waals surface area contributed by atoms with Gasteiger partial charge in [-0.25, -0.2) is 4.98 Å². The maximum atomic E-state index is 11.7. The van der Waals surface area contributed by atoms with E-state index in [0.29, 0.717) is 33.6 Å². The molecule has 0 saturated heterocycles. The number of anilines is 1. The lowest BCUT2D eigenvalue weighted by Gasteiger charge is -2.08. The first-order valence-electron chi connectivity index (χ1n) is 7.70. The molecule has 0 fully saturated rings. The molecule has 0 spiro atoms. The van der Waals surface area contributed by atoms with Gasteiger partial charge >= 0.3 is 0 Å². The second-order valence-corrected chi connectivity index (χ2v) is 7.25. The Morgan fingerprint density at radius 3 is 2.50 bits per heavy atom. The number of ether oxygens (including phenoxy) is 1.